The van der Waals surface area contributed by atoms with Gasteiger partial charge >= 0.3 is 11.9 Å². The highest BCUT2D eigenvalue weighted by Crippen LogP contribution is 2.43. The predicted octanol–water partition coefficient (Wildman–Crippen LogP) is 5.93. The lowest BCUT2D eigenvalue weighted by molar-refractivity contribution is -0.757. The molecule has 0 aliphatic heterocycles. The number of nitrogens with one attached hydrogen (secondary N) is 1. The van der Waals surface area contributed by atoms with Crippen LogP contribution in [0.2, 0.25) is 0 Å². The molecule has 290 valence electrons. The number of carbonyl (C=O) groups is 3. The van der Waals surface area contributed by atoms with E-state index in [0.29, 0.717) is 96.4 Å². The summed E-state index contributed by atoms with van der Waals surface area (Å²) in [5.74, 6) is -1.38. The first-order chi connectivity index (χ1) is 25.0. The normalized spacial score (nSPS) is 19.0. The van der Waals surface area contributed by atoms with Gasteiger partial charge in [-0.2, -0.15) is 0 Å². The zero-order chi connectivity index (χ0) is 38.0. The topological polar surface area (TPSA) is 207 Å². The Morgan fingerprint density at radius 1 is 0.923 bits per heavy atom. The first-order valence-electron chi connectivity index (χ1n) is 18.3. The summed E-state index contributed by atoms with van der Waals surface area (Å²) < 4.78 is 12.1. The number of aliphatic hydroxyl groups excluding tert-OH is 1. The maximum absolute atomic E-state index is 13.2. The SMILES string of the molecule is CCNC(=O)CCC/C=C\C[C@H]1[C@@H](O)CC[C@@]1(/C=C/[C@H](CCc1ccccc1)OC(=O)CCCCCO[N+](=O)[O-])OC(=O)CCCCCO[N+](=O)[O-]. The maximum atomic E-state index is 13.2. The highest BCUT2D eigenvalue weighted by molar-refractivity contribution is 5.75. The van der Waals surface area contributed by atoms with Crippen molar-refractivity contribution in [2.24, 2.45) is 5.92 Å². The molecular weight excluding hydrogens is 678 g/mol. The summed E-state index contributed by atoms with van der Waals surface area (Å²) in [4.78, 5) is 67.3. The standard InChI is InChI=1S/C37H55N3O12/c1-2-38-34(42)19-11-4-3-10-18-32-33(41)25-27-37(32,52-36(44)21-13-7-15-29-50-40(47)48)26-24-31(23-22-30-16-8-5-9-17-30)51-35(43)20-12-6-14-28-49-39(45)46/h3,5,8-10,16-17,24,26,31-33,41H,2,4,6-7,11-15,18-23,25,27-29H2,1H3,(H,38,42)/b10-3-,26-24+/t31-,32-,33-,37+/m0/s1. The van der Waals surface area contributed by atoms with Crippen LogP contribution in [0.5, 0.6) is 0 Å². The molecule has 0 heterocycles. The molecule has 0 bridgehead atoms. The van der Waals surface area contributed by atoms with Gasteiger partial charge in [0.1, 0.15) is 11.7 Å². The third-order valence-electron chi connectivity index (χ3n) is 8.81. The first-order valence-corrected chi connectivity index (χ1v) is 18.3. The van der Waals surface area contributed by atoms with E-state index in [1.54, 1.807) is 12.2 Å². The average Bonchev–Trinajstić information content (AvgIpc) is 3.41. The zero-order valence-corrected chi connectivity index (χ0v) is 30.2. The van der Waals surface area contributed by atoms with Crippen molar-refractivity contribution in [3.8, 4) is 0 Å². The van der Waals surface area contributed by atoms with Gasteiger partial charge in [-0.25, -0.2) is 0 Å². The number of unbranched alkanes of at least 4 members (excludes halogenated alkanes) is 5. The fourth-order valence-electron chi connectivity index (χ4n) is 6.12. The number of benzene rings is 1. The van der Waals surface area contributed by atoms with Gasteiger partial charge in [0.05, 0.1) is 19.3 Å². The van der Waals surface area contributed by atoms with Crippen molar-refractivity contribution in [3.63, 3.8) is 0 Å². The van der Waals surface area contributed by atoms with Crippen molar-refractivity contribution >= 4 is 17.8 Å². The number of ether oxygens (including phenoxy) is 2. The van der Waals surface area contributed by atoms with Crippen LogP contribution < -0.4 is 5.32 Å². The third-order valence-corrected chi connectivity index (χ3v) is 8.81. The predicted molar refractivity (Wildman–Crippen MR) is 190 cm³/mol. The summed E-state index contributed by atoms with van der Waals surface area (Å²) >= 11 is 0. The number of aliphatic hydroxyl groups is 1. The smallest absolute Gasteiger partial charge is 0.306 e. The molecule has 52 heavy (non-hydrogen) atoms. The average molecular weight is 734 g/mol. The molecule has 15 heteroatoms. The van der Waals surface area contributed by atoms with Gasteiger partial charge in [0, 0.05) is 31.7 Å². The van der Waals surface area contributed by atoms with Crippen LogP contribution in [0.25, 0.3) is 0 Å². The van der Waals surface area contributed by atoms with Gasteiger partial charge in [0.25, 0.3) is 10.2 Å². The van der Waals surface area contributed by atoms with Crippen molar-refractivity contribution in [1.29, 1.82) is 0 Å². The minimum absolute atomic E-state index is 0.00620. The van der Waals surface area contributed by atoms with Crippen molar-refractivity contribution in [2.75, 3.05) is 19.8 Å². The second-order valence-corrected chi connectivity index (χ2v) is 12.8. The van der Waals surface area contributed by atoms with E-state index in [0.717, 1.165) is 5.56 Å². The Morgan fingerprint density at radius 2 is 1.58 bits per heavy atom. The molecule has 1 amide bonds. The number of nitrogens with zero attached hydrogens (tertiary/aromatic N) is 2. The van der Waals surface area contributed by atoms with E-state index in [-0.39, 0.29) is 32.0 Å². The zero-order valence-electron chi connectivity index (χ0n) is 30.2. The fraction of sp³-hybridized carbons (Fsp3) is 0.649. The first kappa shape index (κ1) is 43.6. The number of allylic oxidation sites excluding steroid dienone is 2. The number of rotatable bonds is 28. The van der Waals surface area contributed by atoms with E-state index in [9.17, 15) is 39.7 Å². The lowest BCUT2D eigenvalue weighted by Crippen LogP contribution is -2.40. The fourth-order valence-corrected chi connectivity index (χ4v) is 6.12. The molecule has 2 N–H and O–H groups in total. The largest absolute Gasteiger partial charge is 0.458 e. The number of carbonyl (C=O) groups excluding carboxylic acids is 3. The van der Waals surface area contributed by atoms with Gasteiger partial charge in [-0.3, -0.25) is 14.4 Å². The molecule has 1 aromatic carbocycles. The van der Waals surface area contributed by atoms with E-state index < -0.39 is 45.8 Å². The van der Waals surface area contributed by atoms with E-state index in [4.69, 9.17) is 9.47 Å². The minimum Gasteiger partial charge on any atom is -0.458 e. The molecule has 0 saturated heterocycles. The lowest BCUT2D eigenvalue weighted by atomic mass is 9.85. The molecular formula is C37H55N3O12. The third kappa shape index (κ3) is 18.6. The van der Waals surface area contributed by atoms with Gasteiger partial charge in [0.2, 0.25) is 5.91 Å². The number of hydrogen-bond acceptors (Lipinski definition) is 12. The summed E-state index contributed by atoms with van der Waals surface area (Å²) in [5, 5.41) is 33.0. The van der Waals surface area contributed by atoms with Gasteiger partial charge in [-0.1, -0.05) is 55.3 Å². The van der Waals surface area contributed by atoms with E-state index in [1.807, 2.05) is 49.4 Å². The van der Waals surface area contributed by atoms with Crippen molar-refractivity contribution in [3.05, 3.63) is 80.4 Å². The monoisotopic (exact) mass is 733 g/mol. The van der Waals surface area contributed by atoms with Crippen LogP contribution in [-0.2, 0) is 40.0 Å². The molecule has 0 radical (unpaired) electrons. The second kappa shape index (κ2) is 25.4. The molecule has 0 unspecified atom stereocenters. The van der Waals surface area contributed by atoms with E-state index in [2.05, 4.69) is 15.0 Å². The number of amides is 1. The Kier molecular flexibility index (Phi) is 21.3. The van der Waals surface area contributed by atoms with Gasteiger partial charge in [0.15, 0.2) is 0 Å². The molecule has 1 fully saturated rings. The molecule has 1 aliphatic carbocycles. The highest BCUT2D eigenvalue weighted by atomic mass is 17.0. The van der Waals surface area contributed by atoms with Crippen LogP contribution in [0.4, 0.5) is 0 Å². The summed E-state index contributed by atoms with van der Waals surface area (Å²) in [6, 6.07) is 9.73. The van der Waals surface area contributed by atoms with Gasteiger partial charge < -0.3 is 29.6 Å². The van der Waals surface area contributed by atoms with Crippen LogP contribution in [0, 0.1) is 26.1 Å². The molecule has 1 aliphatic rings. The Balaban J connectivity index is 2.20. The quantitative estimate of drug-likeness (QED) is 0.0338. The maximum Gasteiger partial charge on any atom is 0.306 e. The second-order valence-electron chi connectivity index (χ2n) is 12.8. The number of esters is 2. The Hall–Kier alpha value is -4.53. The van der Waals surface area contributed by atoms with Crippen molar-refractivity contribution in [1.82, 2.24) is 5.32 Å². The van der Waals surface area contributed by atoms with Crippen LogP contribution in [0.15, 0.2) is 54.6 Å². The number of aryl methyl sites for hydroxylation is 1. The summed E-state index contributed by atoms with van der Waals surface area (Å²) in [6.07, 6.45) is 13.0. The summed E-state index contributed by atoms with van der Waals surface area (Å²) in [5.41, 5.74) is -0.121. The summed E-state index contributed by atoms with van der Waals surface area (Å²) in [6.45, 7) is 2.35. The molecule has 0 spiro atoms. The van der Waals surface area contributed by atoms with Crippen LogP contribution in [0.1, 0.15) is 109 Å². The Morgan fingerprint density at radius 3 is 2.21 bits per heavy atom. The molecule has 1 aromatic rings. The van der Waals surface area contributed by atoms with Crippen molar-refractivity contribution in [2.45, 2.75) is 127 Å². The Labute approximate surface area is 305 Å². The summed E-state index contributed by atoms with van der Waals surface area (Å²) in [7, 11) is 0. The molecule has 15 nitrogen and oxygen atoms in total. The highest BCUT2D eigenvalue weighted by Gasteiger charge is 2.49. The Bertz CT molecular complexity index is 1290. The van der Waals surface area contributed by atoms with Gasteiger partial charge in [-0.05, 0) is 95.3 Å². The number of hydrogen-bond donors (Lipinski definition) is 2. The minimum atomic E-state index is -1.18. The molecule has 2 rings (SSSR count). The molecule has 0 aromatic heterocycles. The van der Waals surface area contributed by atoms with Crippen LogP contribution in [-0.4, -0.2) is 70.7 Å². The lowest BCUT2D eigenvalue weighted by Gasteiger charge is -2.33. The van der Waals surface area contributed by atoms with Gasteiger partial charge in [-0.15, -0.1) is 20.2 Å². The van der Waals surface area contributed by atoms with Crippen LogP contribution in [0.3, 0.4) is 0 Å². The van der Waals surface area contributed by atoms with E-state index in [1.165, 1.54) is 0 Å². The van der Waals surface area contributed by atoms with E-state index >= 15 is 0 Å². The molecule has 4 atom stereocenters. The van der Waals surface area contributed by atoms with Crippen molar-refractivity contribution < 1.29 is 48.8 Å². The van der Waals surface area contributed by atoms with Crippen LogP contribution >= 0.6 is 0 Å². The molecule has 1 saturated carbocycles.